The number of Topliss-reactive ketones (excluding diaryl/α,β-unsaturated/α-hetero) is 1. The van der Waals surface area contributed by atoms with Gasteiger partial charge in [0.1, 0.15) is 11.3 Å². The van der Waals surface area contributed by atoms with Crippen molar-refractivity contribution in [3.63, 3.8) is 0 Å². The van der Waals surface area contributed by atoms with Crippen molar-refractivity contribution in [2.24, 2.45) is 4.99 Å². The number of isocyanates is 1. The van der Waals surface area contributed by atoms with Crippen LogP contribution in [0.5, 0.6) is 0 Å². The summed E-state index contributed by atoms with van der Waals surface area (Å²) >= 11 is 0. The lowest BCUT2D eigenvalue weighted by atomic mass is 9.70. The van der Waals surface area contributed by atoms with Gasteiger partial charge in [-0.25, -0.2) is 4.79 Å². The molecular formula is C12H8F3NO2. The SMILES string of the molecule is O=C=NC1(c2ccccc2C(F)(F)F)CC(=O)C1. The molecule has 0 aliphatic heterocycles. The van der Waals surface area contributed by atoms with Gasteiger partial charge in [0.05, 0.1) is 5.56 Å². The Morgan fingerprint density at radius 1 is 1.22 bits per heavy atom. The Labute approximate surface area is 100 Å². The van der Waals surface area contributed by atoms with E-state index in [1.54, 1.807) is 0 Å². The van der Waals surface area contributed by atoms with Crippen LogP contribution in [0.1, 0.15) is 24.0 Å². The standard InChI is InChI=1S/C12H8F3NO2/c13-12(14,15)10-4-2-1-3-9(10)11(16-7-17)5-8(18)6-11/h1-4H,5-6H2. The van der Waals surface area contributed by atoms with Crippen molar-refractivity contribution >= 4 is 11.9 Å². The van der Waals surface area contributed by atoms with Gasteiger partial charge in [-0.3, -0.25) is 4.79 Å². The number of rotatable bonds is 2. The molecule has 0 heterocycles. The second-order valence-electron chi connectivity index (χ2n) is 4.17. The number of hydrogen-bond donors (Lipinski definition) is 0. The fourth-order valence-electron chi connectivity index (χ4n) is 2.15. The van der Waals surface area contributed by atoms with Gasteiger partial charge in [-0.05, 0) is 11.6 Å². The molecule has 0 unspecified atom stereocenters. The smallest absolute Gasteiger partial charge is 0.299 e. The van der Waals surface area contributed by atoms with E-state index in [9.17, 15) is 22.8 Å². The zero-order valence-electron chi connectivity index (χ0n) is 9.12. The first-order valence-electron chi connectivity index (χ1n) is 5.16. The predicted molar refractivity (Wildman–Crippen MR) is 55.5 cm³/mol. The molecule has 6 heteroatoms. The monoisotopic (exact) mass is 255 g/mol. The number of aliphatic imine (C=N–C) groups is 1. The Hall–Kier alpha value is -1.94. The Balaban J connectivity index is 2.57. The Bertz CT molecular complexity index is 536. The second kappa shape index (κ2) is 4.07. The maximum atomic E-state index is 12.9. The molecule has 1 aromatic carbocycles. The van der Waals surface area contributed by atoms with Crippen molar-refractivity contribution in [3.05, 3.63) is 35.4 Å². The summed E-state index contributed by atoms with van der Waals surface area (Å²) in [6.07, 6.45) is -3.65. The summed E-state index contributed by atoms with van der Waals surface area (Å²) in [6, 6.07) is 4.84. The second-order valence-corrected chi connectivity index (χ2v) is 4.17. The molecule has 0 radical (unpaired) electrons. The molecule has 0 aromatic heterocycles. The molecular weight excluding hydrogens is 247 g/mol. The third-order valence-corrected chi connectivity index (χ3v) is 2.97. The fraction of sp³-hybridized carbons (Fsp3) is 0.333. The van der Waals surface area contributed by atoms with E-state index in [-0.39, 0.29) is 24.2 Å². The normalized spacial score (nSPS) is 17.8. The molecule has 0 amide bonds. The van der Waals surface area contributed by atoms with Gasteiger partial charge in [0, 0.05) is 12.8 Å². The summed E-state index contributed by atoms with van der Waals surface area (Å²) in [5.74, 6) is -0.217. The summed E-state index contributed by atoms with van der Waals surface area (Å²) in [5, 5.41) is 0. The quantitative estimate of drug-likeness (QED) is 0.602. The van der Waals surface area contributed by atoms with Crippen LogP contribution in [0.25, 0.3) is 0 Å². The van der Waals surface area contributed by atoms with E-state index in [2.05, 4.69) is 4.99 Å². The lowest BCUT2D eigenvalue weighted by Gasteiger charge is -2.37. The molecule has 0 atom stereocenters. The topological polar surface area (TPSA) is 46.5 Å². The van der Waals surface area contributed by atoms with Crippen LogP contribution >= 0.6 is 0 Å². The van der Waals surface area contributed by atoms with E-state index in [1.165, 1.54) is 24.3 Å². The van der Waals surface area contributed by atoms with E-state index in [0.29, 0.717) is 0 Å². The highest BCUT2D eigenvalue weighted by Gasteiger charge is 2.49. The highest BCUT2D eigenvalue weighted by atomic mass is 19.4. The first-order valence-corrected chi connectivity index (χ1v) is 5.16. The summed E-state index contributed by atoms with van der Waals surface area (Å²) < 4.78 is 38.6. The Morgan fingerprint density at radius 2 is 1.83 bits per heavy atom. The number of ketones is 1. The van der Waals surface area contributed by atoms with E-state index in [0.717, 1.165) is 6.07 Å². The zero-order chi connectivity index (χ0) is 13.4. The van der Waals surface area contributed by atoms with Gasteiger partial charge in [0.25, 0.3) is 0 Å². The van der Waals surface area contributed by atoms with Gasteiger partial charge in [0.15, 0.2) is 0 Å². The molecule has 1 aromatic rings. The zero-order valence-corrected chi connectivity index (χ0v) is 9.12. The molecule has 0 saturated heterocycles. The molecule has 0 bridgehead atoms. The minimum atomic E-state index is -4.54. The number of carbonyl (C=O) groups excluding carboxylic acids is 2. The fourth-order valence-corrected chi connectivity index (χ4v) is 2.15. The van der Waals surface area contributed by atoms with Gasteiger partial charge in [-0.15, -0.1) is 0 Å². The van der Waals surface area contributed by atoms with Gasteiger partial charge in [-0.2, -0.15) is 18.2 Å². The van der Waals surface area contributed by atoms with Gasteiger partial charge in [0.2, 0.25) is 6.08 Å². The maximum absolute atomic E-state index is 12.9. The summed E-state index contributed by atoms with van der Waals surface area (Å²) in [6.45, 7) is 0. The molecule has 0 N–H and O–H groups in total. The van der Waals surface area contributed by atoms with Crippen molar-refractivity contribution < 1.29 is 22.8 Å². The minimum absolute atomic E-state index is 0.138. The van der Waals surface area contributed by atoms with Crippen molar-refractivity contribution in [3.8, 4) is 0 Å². The van der Waals surface area contributed by atoms with Crippen LogP contribution in [0.2, 0.25) is 0 Å². The molecule has 18 heavy (non-hydrogen) atoms. The van der Waals surface area contributed by atoms with E-state index >= 15 is 0 Å². The first kappa shape index (κ1) is 12.5. The van der Waals surface area contributed by atoms with E-state index in [4.69, 9.17) is 0 Å². The maximum Gasteiger partial charge on any atom is 0.416 e. The molecule has 1 aliphatic carbocycles. The lowest BCUT2D eigenvalue weighted by Crippen LogP contribution is -2.41. The van der Waals surface area contributed by atoms with E-state index in [1.807, 2.05) is 0 Å². The number of hydrogen-bond acceptors (Lipinski definition) is 3. The molecule has 94 valence electrons. The van der Waals surface area contributed by atoms with Gasteiger partial charge >= 0.3 is 6.18 Å². The number of nitrogens with zero attached hydrogens (tertiary/aromatic N) is 1. The largest absolute Gasteiger partial charge is 0.416 e. The van der Waals surface area contributed by atoms with Gasteiger partial charge < -0.3 is 0 Å². The van der Waals surface area contributed by atoms with Crippen LogP contribution in [0, 0.1) is 0 Å². The molecule has 1 aliphatic rings. The Morgan fingerprint density at radius 3 is 2.33 bits per heavy atom. The van der Waals surface area contributed by atoms with Crippen LogP contribution in [-0.4, -0.2) is 11.9 Å². The Kier molecular flexibility index (Phi) is 2.83. The molecule has 2 rings (SSSR count). The number of halogens is 3. The van der Waals surface area contributed by atoms with Crippen LogP contribution in [0.3, 0.4) is 0 Å². The summed E-state index contributed by atoms with van der Waals surface area (Å²) in [5.41, 5.74) is -2.39. The summed E-state index contributed by atoms with van der Waals surface area (Å²) in [7, 11) is 0. The predicted octanol–water partition coefficient (Wildman–Crippen LogP) is 2.60. The average molecular weight is 255 g/mol. The first-order chi connectivity index (χ1) is 8.39. The molecule has 0 spiro atoms. The van der Waals surface area contributed by atoms with Crippen LogP contribution in [0.4, 0.5) is 13.2 Å². The molecule has 3 nitrogen and oxygen atoms in total. The highest BCUT2D eigenvalue weighted by Crippen LogP contribution is 2.47. The van der Waals surface area contributed by atoms with Crippen molar-refractivity contribution in [2.75, 3.05) is 0 Å². The third-order valence-electron chi connectivity index (χ3n) is 2.97. The number of benzene rings is 1. The molecule has 1 saturated carbocycles. The van der Waals surface area contributed by atoms with Crippen molar-refractivity contribution in [1.82, 2.24) is 0 Å². The average Bonchev–Trinajstić information content (AvgIpc) is 2.26. The van der Waals surface area contributed by atoms with Crippen LogP contribution in [-0.2, 0) is 21.3 Å². The van der Waals surface area contributed by atoms with Crippen molar-refractivity contribution in [2.45, 2.75) is 24.6 Å². The number of alkyl halides is 3. The van der Waals surface area contributed by atoms with Crippen LogP contribution in [0.15, 0.2) is 29.3 Å². The van der Waals surface area contributed by atoms with Gasteiger partial charge in [-0.1, -0.05) is 18.2 Å². The summed E-state index contributed by atoms with van der Waals surface area (Å²) in [4.78, 5) is 24.9. The highest BCUT2D eigenvalue weighted by molar-refractivity contribution is 5.89. The third kappa shape index (κ3) is 1.95. The number of carbonyl (C=O) groups is 1. The van der Waals surface area contributed by atoms with E-state index < -0.39 is 17.3 Å². The molecule has 1 fully saturated rings. The lowest BCUT2D eigenvalue weighted by molar-refractivity contribution is -0.141. The van der Waals surface area contributed by atoms with Crippen LogP contribution < -0.4 is 0 Å². The minimum Gasteiger partial charge on any atom is -0.299 e. The van der Waals surface area contributed by atoms with Crippen molar-refractivity contribution in [1.29, 1.82) is 0 Å².